The number of amides is 1. The highest BCUT2D eigenvalue weighted by molar-refractivity contribution is 6.58. The number of carbonyl (C=O) groups excluding carboxylic acids is 1. The van der Waals surface area contributed by atoms with Crippen LogP contribution < -0.4 is 10.4 Å². The van der Waals surface area contributed by atoms with E-state index < -0.39 is 7.12 Å². The van der Waals surface area contributed by atoms with Crippen LogP contribution in [0.25, 0.3) is 0 Å². The van der Waals surface area contributed by atoms with Gasteiger partial charge in [0.1, 0.15) is 0 Å². The lowest BCUT2D eigenvalue weighted by molar-refractivity contribution is -0.117. The smallest absolute Gasteiger partial charge is 0.423 e. The van der Waals surface area contributed by atoms with Crippen LogP contribution in [0, 0.1) is 5.92 Å². The molecule has 1 aliphatic heterocycles. The summed E-state index contributed by atoms with van der Waals surface area (Å²) in [6, 6.07) is 0. The molecule has 1 amide bonds. The Morgan fingerprint density at radius 1 is 1.41 bits per heavy atom. The fourth-order valence-electron chi connectivity index (χ4n) is 1.70. The largest absolute Gasteiger partial charge is 0.491 e. The van der Waals surface area contributed by atoms with Crippen LogP contribution in [0.2, 0.25) is 0 Å². The van der Waals surface area contributed by atoms with E-state index >= 15 is 0 Å². The molecule has 1 aromatic heterocycles. The molecule has 0 aliphatic carbocycles. The van der Waals surface area contributed by atoms with Gasteiger partial charge in [-0.2, -0.15) is 0 Å². The summed E-state index contributed by atoms with van der Waals surface area (Å²) in [6.45, 7) is 0.339. The Bertz CT molecular complexity index is 411. The number of anilines is 1. The lowest BCUT2D eigenvalue weighted by Gasteiger charge is -2.13. The van der Waals surface area contributed by atoms with E-state index in [0.29, 0.717) is 6.54 Å². The zero-order chi connectivity index (χ0) is 12.4. The zero-order valence-corrected chi connectivity index (χ0v) is 9.02. The minimum absolute atomic E-state index is 0.0460. The van der Waals surface area contributed by atoms with Gasteiger partial charge in [-0.3, -0.25) is 9.69 Å². The molecular weight excluding hydrogens is 225 g/mol. The van der Waals surface area contributed by atoms with Crippen LogP contribution in [0.1, 0.15) is 6.42 Å². The Balaban J connectivity index is 2.15. The summed E-state index contributed by atoms with van der Waals surface area (Å²) < 4.78 is 0. The molecule has 0 aromatic carbocycles. The van der Waals surface area contributed by atoms with E-state index in [2.05, 4.69) is 9.97 Å². The fourth-order valence-corrected chi connectivity index (χ4v) is 1.70. The predicted octanol–water partition coefficient (Wildman–Crippen LogP) is -2.50. The van der Waals surface area contributed by atoms with Crippen LogP contribution >= 0.6 is 0 Å². The Labute approximate surface area is 97.9 Å². The molecule has 1 fully saturated rings. The first kappa shape index (κ1) is 12.0. The highest BCUT2D eigenvalue weighted by Gasteiger charge is 2.31. The molecule has 90 valence electrons. The topological polar surface area (TPSA) is 107 Å². The molecule has 0 spiro atoms. The summed E-state index contributed by atoms with van der Waals surface area (Å²) in [5.41, 5.74) is 0.166. The number of rotatable bonds is 3. The predicted molar refractivity (Wildman–Crippen MR) is 59.4 cm³/mol. The van der Waals surface area contributed by atoms with E-state index in [1.165, 1.54) is 17.3 Å². The third-order valence-electron chi connectivity index (χ3n) is 2.66. The molecule has 1 saturated heterocycles. The minimum atomic E-state index is -1.62. The van der Waals surface area contributed by atoms with Crippen molar-refractivity contribution in [3.8, 4) is 0 Å². The third kappa shape index (κ3) is 2.43. The van der Waals surface area contributed by atoms with Gasteiger partial charge < -0.3 is 15.2 Å². The maximum absolute atomic E-state index is 11.6. The van der Waals surface area contributed by atoms with E-state index in [9.17, 15) is 4.79 Å². The van der Waals surface area contributed by atoms with Crippen LogP contribution in [-0.4, -0.2) is 51.3 Å². The molecule has 2 rings (SSSR count). The first-order valence-corrected chi connectivity index (χ1v) is 5.21. The molecule has 3 N–H and O–H groups in total. The SMILES string of the molecule is O=C1CC(CO)CN1c1ncc(B(O)O)cn1. The lowest BCUT2D eigenvalue weighted by Crippen LogP contribution is -2.33. The van der Waals surface area contributed by atoms with E-state index in [1.807, 2.05) is 0 Å². The standard InChI is InChI=1S/C9H12BN3O4/c14-5-6-1-8(15)13(4-6)9-11-2-7(3-12-9)10(16)17/h2-3,6,14,16-17H,1,4-5H2. The second-order valence-corrected chi connectivity index (χ2v) is 3.95. The summed E-state index contributed by atoms with van der Waals surface area (Å²) in [6.07, 6.45) is 2.79. The molecule has 7 nitrogen and oxygen atoms in total. The summed E-state index contributed by atoms with van der Waals surface area (Å²) in [4.78, 5) is 20.8. The number of hydrogen-bond donors (Lipinski definition) is 3. The Morgan fingerprint density at radius 3 is 2.53 bits per heavy atom. The third-order valence-corrected chi connectivity index (χ3v) is 2.66. The molecule has 17 heavy (non-hydrogen) atoms. The van der Waals surface area contributed by atoms with Crippen molar-refractivity contribution in [1.82, 2.24) is 9.97 Å². The quantitative estimate of drug-likeness (QED) is 0.502. The van der Waals surface area contributed by atoms with Gasteiger partial charge in [-0.1, -0.05) is 0 Å². The van der Waals surface area contributed by atoms with Crippen LogP contribution in [-0.2, 0) is 4.79 Å². The van der Waals surface area contributed by atoms with Crippen molar-refractivity contribution in [3.63, 3.8) is 0 Å². The van der Waals surface area contributed by atoms with E-state index in [1.54, 1.807) is 0 Å². The van der Waals surface area contributed by atoms with Crippen molar-refractivity contribution < 1.29 is 19.9 Å². The lowest BCUT2D eigenvalue weighted by atomic mass is 9.83. The Kier molecular flexibility index (Phi) is 3.37. The van der Waals surface area contributed by atoms with Gasteiger partial charge in [0, 0.05) is 43.3 Å². The van der Waals surface area contributed by atoms with E-state index in [4.69, 9.17) is 15.2 Å². The molecule has 8 heteroatoms. The van der Waals surface area contributed by atoms with E-state index in [-0.39, 0.29) is 36.3 Å². The molecular formula is C9H12BN3O4. The summed E-state index contributed by atoms with van der Waals surface area (Å²) >= 11 is 0. The maximum Gasteiger partial charge on any atom is 0.491 e. The van der Waals surface area contributed by atoms with E-state index in [0.717, 1.165) is 0 Å². The van der Waals surface area contributed by atoms with Gasteiger partial charge in [0.2, 0.25) is 11.9 Å². The van der Waals surface area contributed by atoms with Crippen molar-refractivity contribution in [3.05, 3.63) is 12.4 Å². The summed E-state index contributed by atoms with van der Waals surface area (Å²) in [7, 11) is -1.62. The minimum Gasteiger partial charge on any atom is -0.423 e. The Hall–Kier alpha value is -1.51. The monoisotopic (exact) mass is 237 g/mol. The summed E-state index contributed by atoms with van der Waals surface area (Å²) in [5, 5.41) is 26.7. The van der Waals surface area contributed by atoms with Gasteiger partial charge in [-0.05, 0) is 0 Å². The molecule has 1 aromatic rings. The number of nitrogens with zero attached hydrogens (tertiary/aromatic N) is 3. The number of carbonyl (C=O) groups is 1. The highest BCUT2D eigenvalue weighted by Crippen LogP contribution is 2.20. The van der Waals surface area contributed by atoms with Crippen molar-refractivity contribution in [2.45, 2.75) is 6.42 Å². The van der Waals surface area contributed by atoms with Crippen molar-refractivity contribution in [2.24, 2.45) is 5.92 Å². The van der Waals surface area contributed by atoms with Crippen molar-refractivity contribution >= 4 is 24.4 Å². The normalized spacial score (nSPS) is 19.8. The van der Waals surface area contributed by atoms with Gasteiger partial charge in [-0.15, -0.1) is 0 Å². The number of aliphatic hydroxyl groups is 1. The average molecular weight is 237 g/mol. The van der Waals surface area contributed by atoms with Crippen molar-refractivity contribution in [2.75, 3.05) is 18.1 Å². The summed E-state index contributed by atoms with van der Waals surface area (Å²) in [5.74, 6) is -0.00842. The van der Waals surface area contributed by atoms with Crippen LogP contribution in [0.3, 0.4) is 0 Å². The van der Waals surface area contributed by atoms with Crippen molar-refractivity contribution in [1.29, 1.82) is 0 Å². The highest BCUT2D eigenvalue weighted by atomic mass is 16.4. The van der Waals surface area contributed by atoms with Crippen LogP contribution in [0.4, 0.5) is 5.95 Å². The molecule has 1 aliphatic rings. The molecule has 2 heterocycles. The first-order chi connectivity index (χ1) is 8.11. The number of hydrogen-bond acceptors (Lipinski definition) is 6. The van der Waals surface area contributed by atoms with Gasteiger partial charge >= 0.3 is 7.12 Å². The second kappa shape index (κ2) is 4.78. The van der Waals surface area contributed by atoms with Gasteiger partial charge in [-0.25, -0.2) is 9.97 Å². The van der Waals surface area contributed by atoms with Gasteiger partial charge in [0.25, 0.3) is 0 Å². The Morgan fingerprint density at radius 2 is 2.06 bits per heavy atom. The second-order valence-electron chi connectivity index (χ2n) is 3.95. The number of aromatic nitrogens is 2. The van der Waals surface area contributed by atoms with Gasteiger partial charge in [0.15, 0.2) is 0 Å². The fraction of sp³-hybridized carbons (Fsp3) is 0.444. The first-order valence-electron chi connectivity index (χ1n) is 5.21. The zero-order valence-electron chi connectivity index (χ0n) is 9.02. The van der Waals surface area contributed by atoms with Gasteiger partial charge in [0.05, 0.1) is 0 Å². The van der Waals surface area contributed by atoms with Crippen LogP contribution in [0.5, 0.6) is 0 Å². The molecule has 0 bridgehead atoms. The molecule has 1 atom stereocenters. The average Bonchev–Trinajstić information content (AvgIpc) is 2.71. The molecule has 1 unspecified atom stereocenters. The van der Waals surface area contributed by atoms with Crippen LogP contribution in [0.15, 0.2) is 12.4 Å². The maximum atomic E-state index is 11.6. The molecule has 0 radical (unpaired) electrons. The number of aliphatic hydroxyl groups excluding tert-OH is 1. The molecule has 0 saturated carbocycles.